The monoisotopic (exact) mass is 282 g/mol. The van der Waals surface area contributed by atoms with Gasteiger partial charge in [0.2, 0.25) is 0 Å². The zero-order chi connectivity index (χ0) is 13.7. The lowest BCUT2D eigenvalue weighted by atomic mass is 10.3. The van der Waals surface area contributed by atoms with E-state index in [1.165, 1.54) is 12.8 Å². The smallest absolute Gasteiger partial charge is 0.180 e. The van der Waals surface area contributed by atoms with E-state index in [0.717, 1.165) is 31.9 Å². The summed E-state index contributed by atoms with van der Waals surface area (Å²) in [6.07, 6.45) is 2.56. The van der Waals surface area contributed by atoms with E-state index in [4.69, 9.17) is 0 Å². The van der Waals surface area contributed by atoms with Gasteiger partial charge in [0.15, 0.2) is 9.84 Å². The molecule has 0 unspecified atom stereocenters. The van der Waals surface area contributed by atoms with Crippen molar-refractivity contribution in [1.82, 2.24) is 4.90 Å². The summed E-state index contributed by atoms with van der Waals surface area (Å²) in [5.74, 6) is 0.137. The lowest BCUT2D eigenvalue weighted by molar-refractivity contribution is 0.352. The predicted molar refractivity (Wildman–Crippen MR) is 78.3 cm³/mol. The average Bonchev–Trinajstić information content (AvgIpc) is 2.92. The molecule has 0 aliphatic carbocycles. The van der Waals surface area contributed by atoms with Crippen molar-refractivity contribution in [2.45, 2.75) is 24.7 Å². The molecular weight excluding hydrogens is 260 g/mol. The van der Waals surface area contributed by atoms with E-state index in [-0.39, 0.29) is 5.75 Å². The fourth-order valence-electron chi connectivity index (χ4n) is 2.39. The van der Waals surface area contributed by atoms with Gasteiger partial charge >= 0.3 is 0 Å². The van der Waals surface area contributed by atoms with Gasteiger partial charge in [-0.2, -0.15) is 0 Å². The number of rotatable bonds is 6. The maximum Gasteiger partial charge on any atom is 0.180 e. The fourth-order valence-corrected chi connectivity index (χ4v) is 3.47. The summed E-state index contributed by atoms with van der Waals surface area (Å²) in [6, 6.07) is 7.16. The highest BCUT2D eigenvalue weighted by Crippen LogP contribution is 2.21. The van der Waals surface area contributed by atoms with Gasteiger partial charge in [-0.3, -0.25) is 0 Å². The quantitative estimate of drug-likeness (QED) is 0.867. The van der Waals surface area contributed by atoms with Crippen LogP contribution in [0.15, 0.2) is 29.2 Å². The van der Waals surface area contributed by atoms with Crippen LogP contribution in [-0.4, -0.2) is 45.2 Å². The number of hydrogen-bond acceptors (Lipinski definition) is 4. The SMILES string of the molecule is CCS(=O)(=O)c1ccccc1NCCN1CCCC1. The number of sulfone groups is 1. The number of anilines is 1. The fraction of sp³-hybridized carbons (Fsp3) is 0.571. The minimum absolute atomic E-state index is 0.137. The van der Waals surface area contributed by atoms with E-state index in [1.54, 1.807) is 19.1 Å². The lowest BCUT2D eigenvalue weighted by Crippen LogP contribution is -2.26. The van der Waals surface area contributed by atoms with Crippen LogP contribution in [0.3, 0.4) is 0 Å². The highest BCUT2D eigenvalue weighted by Gasteiger charge is 2.16. The molecule has 0 atom stereocenters. The van der Waals surface area contributed by atoms with Gasteiger partial charge in [0.25, 0.3) is 0 Å². The second-order valence-electron chi connectivity index (χ2n) is 4.88. The Kier molecular flexibility index (Phi) is 4.82. The van der Waals surface area contributed by atoms with Crippen LogP contribution in [0.25, 0.3) is 0 Å². The number of benzene rings is 1. The van der Waals surface area contributed by atoms with Crippen LogP contribution in [0, 0.1) is 0 Å². The van der Waals surface area contributed by atoms with E-state index in [2.05, 4.69) is 10.2 Å². The van der Waals surface area contributed by atoms with Gasteiger partial charge in [0, 0.05) is 13.1 Å². The average molecular weight is 282 g/mol. The third-order valence-corrected chi connectivity index (χ3v) is 5.33. The Hall–Kier alpha value is -1.07. The van der Waals surface area contributed by atoms with Crippen molar-refractivity contribution in [3.8, 4) is 0 Å². The Balaban J connectivity index is 1.99. The number of likely N-dealkylation sites (tertiary alicyclic amines) is 1. The molecule has 0 saturated carbocycles. The summed E-state index contributed by atoms with van der Waals surface area (Å²) in [5.41, 5.74) is 0.726. The first-order valence-corrected chi connectivity index (χ1v) is 8.57. The Morgan fingerprint density at radius 1 is 1.21 bits per heavy atom. The minimum Gasteiger partial charge on any atom is -0.383 e. The van der Waals surface area contributed by atoms with Crippen LogP contribution in [0.4, 0.5) is 5.69 Å². The van der Waals surface area contributed by atoms with Gasteiger partial charge in [0.1, 0.15) is 0 Å². The van der Waals surface area contributed by atoms with Crippen molar-refractivity contribution >= 4 is 15.5 Å². The van der Waals surface area contributed by atoms with E-state index >= 15 is 0 Å². The van der Waals surface area contributed by atoms with Crippen molar-refractivity contribution in [2.75, 3.05) is 37.2 Å². The Bertz CT molecular complexity index is 508. The summed E-state index contributed by atoms with van der Waals surface area (Å²) in [5, 5.41) is 3.26. The molecule has 1 aromatic rings. The summed E-state index contributed by atoms with van der Waals surface area (Å²) in [4.78, 5) is 2.82. The number of hydrogen-bond donors (Lipinski definition) is 1. The molecule has 0 radical (unpaired) electrons. The number of nitrogens with one attached hydrogen (secondary N) is 1. The number of nitrogens with zero attached hydrogens (tertiary/aromatic N) is 1. The maximum absolute atomic E-state index is 12.0. The second-order valence-corrected chi connectivity index (χ2v) is 7.12. The molecular formula is C14H22N2O2S. The third kappa shape index (κ3) is 3.70. The van der Waals surface area contributed by atoms with Crippen LogP contribution >= 0.6 is 0 Å². The van der Waals surface area contributed by atoms with Crippen LogP contribution in [-0.2, 0) is 9.84 Å². The molecule has 0 amide bonds. The zero-order valence-corrected chi connectivity index (χ0v) is 12.2. The van der Waals surface area contributed by atoms with Crippen LogP contribution in [0.1, 0.15) is 19.8 Å². The molecule has 0 spiro atoms. The molecule has 1 aromatic carbocycles. The molecule has 1 aliphatic heterocycles. The molecule has 0 aromatic heterocycles. The van der Waals surface area contributed by atoms with Crippen LogP contribution < -0.4 is 5.32 Å². The molecule has 1 heterocycles. The molecule has 1 saturated heterocycles. The van der Waals surface area contributed by atoms with Crippen LogP contribution in [0.5, 0.6) is 0 Å². The van der Waals surface area contributed by atoms with Gasteiger partial charge in [-0.25, -0.2) is 8.42 Å². The maximum atomic E-state index is 12.0. The normalized spacial score (nSPS) is 16.7. The van der Waals surface area contributed by atoms with Crippen LogP contribution in [0.2, 0.25) is 0 Å². The Labute approximate surface area is 115 Å². The predicted octanol–water partition coefficient (Wildman–Crippen LogP) is 1.99. The van der Waals surface area contributed by atoms with Gasteiger partial charge in [-0.1, -0.05) is 19.1 Å². The summed E-state index contributed by atoms with van der Waals surface area (Å²) < 4.78 is 24.0. The van der Waals surface area contributed by atoms with Crippen molar-refractivity contribution in [3.63, 3.8) is 0 Å². The Morgan fingerprint density at radius 3 is 2.58 bits per heavy atom. The Morgan fingerprint density at radius 2 is 1.89 bits per heavy atom. The van der Waals surface area contributed by atoms with Crippen molar-refractivity contribution in [3.05, 3.63) is 24.3 Å². The molecule has 1 N–H and O–H groups in total. The highest BCUT2D eigenvalue weighted by molar-refractivity contribution is 7.91. The second kappa shape index (κ2) is 6.39. The first kappa shape index (κ1) is 14.3. The summed E-state index contributed by atoms with van der Waals surface area (Å²) >= 11 is 0. The van der Waals surface area contributed by atoms with E-state index in [9.17, 15) is 8.42 Å². The van der Waals surface area contributed by atoms with E-state index in [0.29, 0.717) is 4.90 Å². The first-order chi connectivity index (χ1) is 9.13. The molecule has 0 bridgehead atoms. The van der Waals surface area contributed by atoms with Gasteiger partial charge in [0.05, 0.1) is 16.3 Å². The standard InChI is InChI=1S/C14H22N2O2S/c1-2-19(17,18)14-8-4-3-7-13(14)15-9-12-16-10-5-6-11-16/h3-4,7-8,15H,2,5-6,9-12H2,1H3. The van der Waals surface area contributed by atoms with Crippen molar-refractivity contribution in [2.24, 2.45) is 0 Å². The van der Waals surface area contributed by atoms with Gasteiger partial charge in [-0.15, -0.1) is 0 Å². The molecule has 1 fully saturated rings. The largest absolute Gasteiger partial charge is 0.383 e. The molecule has 5 heteroatoms. The van der Waals surface area contributed by atoms with Gasteiger partial charge < -0.3 is 10.2 Å². The highest BCUT2D eigenvalue weighted by atomic mass is 32.2. The van der Waals surface area contributed by atoms with E-state index in [1.807, 2.05) is 12.1 Å². The molecule has 19 heavy (non-hydrogen) atoms. The van der Waals surface area contributed by atoms with Crippen molar-refractivity contribution in [1.29, 1.82) is 0 Å². The third-order valence-electron chi connectivity index (χ3n) is 3.54. The van der Waals surface area contributed by atoms with Crippen molar-refractivity contribution < 1.29 is 8.42 Å². The molecule has 1 aliphatic rings. The van der Waals surface area contributed by atoms with E-state index < -0.39 is 9.84 Å². The topological polar surface area (TPSA) is 49.4 Å². The first-order valence-electron chi connectivity index (χ1n) is 6.91. The van der Waals surface area contributed by atoms with Gasteiger partial charge in [-0.05, 0) is 38.1 Å². The summed E-state index contributed by atoms with van der Waals surface area (Å²) in [7, 11) is -3.15. The summed E-state index contributed by atoms with van der Waals surface area (Å²) in [6.45, 7) is 5.76. The minimum atomic E-state index is -3.15. The molecule has 4 nitrogen and oxygen atoms in total. The molecule has 2 rings (SSSR count). The lowest BCUT2D eigenvalue weighted by Gasteiger charge is -2.16. The zero-order valence-electron chi connectivity index (χ0n) is 11.4. The molecule has 106 valence electrons. The number of para-hydroxylation sites is 1.